The van der Waals surface area contributed by atoms with Crippen LogP contribution in [0.3, 0.4) is 0 Å². The van der Waals surface area contributed by atoms with Crippen molar-refractivity contribution in [2.75, 3.05) is 0 Å². The van der Waals surface area contributed by atoms with Gasteiger partial charge >= 0.3 is 0 Å². The van der Waals surface area contributed by atoms with Crippen LogP contribution in [0.15, 0.2) is 0 Å². The third-order valence-corrected chi connectivity index (χ3v) is 26.2. The van der Waals surface area contributed by atoms with E-state index in [0.717, 1.165) is 11.3 Å². The van der Waals surface area contributed by atoms with Gasteiger partial charge in [-0.3, -0.25) is 0 Å². The Bertz CT molecular complexity index is 781. The Balaban J connectivity index is 0. The molecule has 0 aliphatic heterocycles. The van der Waals surface area contributed by atoms with Crippen molar-refractivity contribution in [2.24, 2.45) is 0 Å². The molecule has 0 nitrogen and oxygen atoms in total. The fourth-order valence-corrected chi connectivity index (χ4v) is 27.2. The third kappa shape index (κ3) is 20.1. The third-order valence-electron chi connectivity index (χ3n) is 10.5. The van der Waals surface area contributed by atoms with Gasteiger partial charge in [-0.15, -0.1) is 32.4 Å². The fraction of sp³-hybridized carbons (Fsp3) is 0.714. The van der Waals surface area contributed by atoms with Gasteiger partial charge in [-0.2, -0.15) is 0 Å². The molecule has 12 radical (unpaired) electrons. The van der Waals surface area contributed by atoms with E-state index in [1.807, 2.05) is 0 Å². The average molecular weight is 939 g/mol. The number of hydrogen-bond acceptors (Lipinski definition) is 0. The van der Waals surface area contributed by atoms with Gasteiger partial charge in [-0.1, -0.05) is 159 Å². The Labute approximate surface area is 377 Å². The molecule has 4 aliphatic rings. The van der Waals surface area contributed by atoms with Crippen molar-refractivity contribution in [1.82, 2.24) is 0 Å². The number of rotatable bonds is 6. The van der Waals surface area contributed by atoms with Crippen LogP contribution >= 0.6 is 16.3 Å². The van der Waals surface area contributed by atoms with Gasteiger partial charge in [-0.25, -0.2) is 0 Å². The van der Waals surface area contributed by atoms with E-state index in [0.29, 0.717) is 0 Å². The van der Waals surface area contributed by atoms with Gasteiger partial charge in [0, 0.05) is 65.4 Å². The van der Waals surface area contributed by atoms with Gasteiger partial charge in [0.05, 0.1) is 15.5 Å². The zero-order valence-corrected chi connectivity index (χ0v) is 48.5. The van der Waals surface area contributed by atoms with Crippen molar-refractivity contribution in [2.45, 2.75) is 196 Å². The molecule has 4 aliphatic carbocycles. The topological polar surface area (TPSA) is 0 Å². The van der Waals surface area contributed by atoms with Crippen molar-refractivity contribution < 1.29 is 65.4 Å². The van der Waals surface area contributed by atoms with Crippen molar-refractivity contribution in [3.63, 3.8) is 0 Å². The zero-order chi connectivity index (χ0) is 37.4. The van der Waals surface area contributed by atoms with E-state index in [4.69, 9.17) is 0 Å². The standard InChI is InChI=1S/2C17H30PSi.2C4H11Si.2Y/c2*1-12-13(2)15(4)17(14(12)3)19(5,6)18-16-10-8-7-9-11-16;2*1-5(2,3)4;;/h2*16,18H,7-11H2,1-6H3;2*1H2,2-4H3;;/q;;2*-1;;. The smallest absolute Gasteiger partial charge is 0.0795 e. The van der Waals surface area contributed by atoms with E-state index in [9.17, 15) is 0 Å². The molecule has 0 spiro atoms. The molecule has 8 heteroatoms. The Morgan fingerprint density at radius 2 is 0.560 bits per heavy atom. The second kappa shape index (κ2) is 24.8. The summed E-state index contributed by atoms with van der Waals surface area (Å²) in [5.74, 6) is 12.7. The van der Waals surface area contributed by atoms with E-state index >= 15 is 0 Å². The quantitative estimate of drug-likeness (QED) is 0.141. The van der Waals surface area contributed by atoms with Crippen molar-refractivity contribution >= 4 is 47.9 Å². The molecule has 0 saturated heterocycles. The molecule has 4 saturated carbocycles. The summed E-state index contributed by atoms with van der Waals surface area (Å²) in [6.07, 6.45) is 14.9. The molecule has 2 unspecified atom stereocenters. The van der Waals surface area contributed by atoms with Crippen molar-refractivity contribution in [3.8, 4) is 0 Å². The van der Waals surface area contributed by atoms with E-state index < -0.39 is 31.6 Å². The van der Waals surface area contributed by atoms with Gasteiger partial charge in [-0.05, 0) is 95.4 Å². The first-order valence-electron chi connectivity index (χ1n) is 19.4. The van der Waals surface area contributed by atoms with Gasteiger partial charge in [0.15, 0.2) is 0 Å². The van der Waals surface area contributed by atoms with Gasteiger partial charge in [0.1, 0.15) is 0 Å². The monoisotopic (exact) mass is 938 g/mol. The molecule has 284 valence electrons. The van der Waals surface area contributed by atoms with E-state index in [-0.39, 0.29) is 65.4 Å². The van der Waals surface area contributed by atoms with Crippen LogP contribution in [0.25, 0.3) is 0 Å². The predicted octanol–water partition coefficient (Wildman–Crippen LogP) is 14.8. The maximum Gasteiger partial charge on any atom is 0.0795 e. The van der Waals surface area contributed by atoms with Crippen LogP contribution < -0.4 is 0 Å². The molecule has 0 amide bonds. The Kier molecular flexibility index (Phi) is 27.7. The van der Waals surface area contributed by atoms with Crippen LogP contribution in [-0.2, 0) is 65.4 Å². The molecule has 0 aromatic rings. The summed E-state index contributed by atoms with van der Waals surface area (Å²) < 4.78 is 0. The summed E-state index contributed by atoms with van der Waals surface area (Å²) in [5, 5.41) is 0. The largest absolute Gasteiger partial charge is 0.342 e. The Hall–Kier alpha value is 3.94. The van der Waals surface area contributed by atoms with Crippen molar-refractivity contribution in [3.05, 3.63) is 71.5 Å². The molecule has 0 aromatic carbocycles. The first-order valence-corrected chi connectivity index (χ1v) is 37.0. The second-order valence-corrected chi connectivity index (χ2v) is 48.3. The van der Waals surface area contributed by atoms with Crippen LogP contribution in [0, 0.1) is 71.5 Å². The summed E-state index contributed by atoms with van der Waals surface area (Å²) in [4.78, 5) is 0. The molecular formula is C42H82P2Si4Y2-2. The summed E-state index contributed by atoms with van der Waals surface area (Å²) in [6.45, 7) is 50.3. The molecule has 4 rings (SSSR count). The normalized spacial score (nSPS) is 23.8. The second-order valence-electron chi connectivity index (χ2n) is 19.1. The molecule has 2 atom stereocenters. The summed E-state index contributed by atoms with van der Waals surface area (Å²) in [6, 6.07) is 0. The molecule has 4 fully saturated rings. The summed E-state index contributed by atoms with van der Waals surface area (Å²) >= 11 is 0. The Morgan fingerprint density at radius 1 is 0.380 bits per heavy atom. The first-order chi connectivity index (χ1) is 21.7. The number of hydrogen-bond donors (Lipinski definition) is 0. The predicted molar refractivity (Wildman–Crippen MR) is 241 cm³/mol. The van der Waals surface area contributed by atoms with Gasteiger partial charge < -0.3 is 13.1 Å². The van der Waals surface area contributed by atoms with Crippen LogP contribution in [0.1, 0.15) is 120 Å². The van der Waals surface area contributed by atoms with Crippen LogP contribution in [0.4, 0.5) is 0 Å². The van der Waals surface area contributed by atoms with E-state index in [1.165, 1.54) is 80.5 Å². The summed E-state index contributed by atoms with van der Waals surface area (Å²) in [7, 11) is -1.75. The van der Waals surface area contributed by atoms with Crippen molar-refractivity contribution in [1.29, 1.82) is 0 Å². The van der Waals surface area contributed by atoms with Crippen LogP contribution in [0.2, 0.25) is 65.5 Å². The minimum absolute atomic E-state index is 0. The van der Waals surface area contributed by atoms with Gasteiger partial charge in [0.25, 0.3) is 0 Å². The SMILES string of the molecule is C[C]1[C](C)[C](C)[C]([Si](C)(C)PC2CCCCC2)[C]1C.C[C]1[C](C)[C](C)[C]([Si](C)(C)PC2CCCCC2)[C]1C.[CH2-][Si](C)(C)C.[CH2-][Si](C)(C)C.[Y].[Y]. The average Bonchev–Trinajstić information content (AvgIpc) is 3.26. The minimum Gasteiger partial charge on any atom is -0.342 e. The minimum atomic E-state index is -1.24. The van der Waals surface area contributed by atoms with E-state index in [2.05, 4.69) is 134 Å². The van der Waals surface area contributed by atoms with Gasteiger partial charge in [0.2, 0.25) is 0 Å². The molecule has 0 aromatic heterocycles. The van der Waals surface area contributed by atoms with Crippen LogP contribution in [-0.4, -0.2) is 42.9 Å². The first kappa shape index (κ1) is 56.0. The zero-order valence-electron chi connectivity index (χ0n) is 36.8. The fourth-order valence-electron chi connectivity index (χ4n) is 7.97. The molecular weight excluding hydrogens is 857 g/mol. The molecule has 0 N–H and O–H groups in total. The maximum absolute atomic E-state index is 3.91. The Morgan fingerprint density at radius 3 is 0.740 bits per heavy atom. The summed E-state index contributed by atoms with van der Waals surface area (Å²) in [5.41, 5.74) is 5.69. The molecule has 0 bridgehead atoms. The molecule has 0 heterocycles. The maximum atomic E-state index is 3.91. The van der Waals surface area contributed by atoms with E-state index in [1.54, 1.807) is 58.4 Å². The molecule has 50 heavy (non-hydrogen) atoms. The van der Waals surface area contributed by atoms with Crippen LogP contribution in [0.5, 0.6) is 0 Å².